The van der Waals surface area contributed by atoms with Crippen LogP contribution in [0, 0.1) is 17.8 Å². The van der Waals surface area contributed by atoms with Crippen LogP contribution in [-0.4, -0.2) is 30.9 Å². The first kappa shape index (κ1) is 13.8. The highest BCUT2D eigenvalue weighted by molar-refractivity contribution is 5.85. The summed E-state index contributed by atoms with van der Waals surface area (Å²) >= 11 is 0. The topological polar surface area (TPSA) is 98.5 Å². The van der Waals surface area contributed by atoms with Crippen molar-refractivity contribution in [3.8, 4) is 0 Å². The van der Waals surface area contributed by atoms with E-state index in [1.807, 2.05) is 0 Å². The van der Waals surface area contributed by atoms with Gasteiger partial charge in [-0.15, -0.1) is 0 Å². The molecule has 0 saturated heterocycles. The van der Waals surface area contributed by atoms with Gasteiger partial charge in [0.2, 0.25) is 5.91 Å². The average molecular weight is 268 g/mol. The van der Waals surface area contributed by atoms with Gasteiger partial charge in [0.15, 0.2) is 6.61 Å². The summed E-state index contributed by atoms with van der Waals surface area (Å²) in [7, 11) is 0. The van der Waals surface area contributed by atoms with Crippen molar-refractivity contribution in [1.29, 1.82) is 0 Å². The molecule has 2 bridgehead atoms. The van der Waals surface area contributed by atoms with Crippen LogP contribution in [0.15, 0.2) is 0 Å². The molecular weight excluding hydrogens is 248 g/mol. The van der Waals surface area contributed by atoms with Crippen LogP contribution in [0.1, 0.15) is 32.1 Å². The highest BCUT2D eigenvalue weighted by Crippen LogP contribution is 2.49. The van der Waals surface area contributed by atoms with Crippen LogP contribution in [0.4, 0.5) is 0 Å². The lowest BCUT2D eigenvalue weighted by Gasteiger charge is -2.20. The zero-order valence-corrected chi connectivity index (χ0v) is 10.9. The fourth-order valence-corrected chi connectivity index (χ4v) is 3.28. The number of ether oxygens (including phenoxy) is 1. The van der Waals surface area contributed by atoms with E-state index in [0.717, 1.165) is 12.3 Å². The summed E-state index contributed by atoms with van der Waals surface area (Å²) in [6, 6.07) is 0. The van der Waals surface area contributed by atoms with E-state index in [0.29, 0.717) is 18.3 Å². The van der Waals surface area contributed by atoms with Gasteiger partial charge in [0, 0.05) is 6.42 Å². The molecular formula is C13H20N2O4. The van der Waals surface area contributed by atoms with Crippen molar-refractivity contribution in [2.75, 3.05) is 13.2 Å². The number of nitrogens with one attached hydrogen (secondary N) is 1. The Morgan fingerprint density at radius 1 is 1.21 bits per heavy atom. The van der Waals surface area contributed by atoms with Crippen LogP contribution in [-0.2, 0) is 19.1 Å². The number of hydrogen-bond donors (Lipinski definition) is 2. The maximum absolute atomic E-state index is 11.6. The molecule has 2 saturated carbocycles. The summed E-state index contributed by atoms with van der Waals surface area (Å²) in [4.78, 5) is 33.3. The van der Waals surface area contributed by atoms with Crippen molar-refractivity contribution in [3.05, 3.63) is 0 Å². The van der Waals surface area contributed by atoms with Gasteiger partial charge in [0.25, 0.3) is 5.91 Å². The highest BCUT2D eigenvalue weighted by Gasteiger charge is 2.40. The highest BCUT2D eigenvalue weighted by atomic mass is 16.5. The molecule has 2 aliphatic carbocycles. The van der Waals surface area contributed by atoms with Gasteiger partial charge in [-0.25, -0.2) is 0 Å². The maximum Gasteiger partial charge on any atom is 0.306 e. The SMILES string of the molecule is NC(=O)CNC(=O)COC(=O)C[C@H]1C[C@H]2CC[C@@H]1C2. The van der Waals surface area contributed by atoms with Gasteiger partial charge < -0.3 is 15.8 Å². The lowest BCUT2D eigenvalue weighted by atomic mass is 9.86. The molecule has 0 radical (unpaired) electrons. The van der Waals surface area contributed by atoms with Crippen molar-refractivity contribution in [2.45, 2.75) is 32.1 Å². The van der Waals surface area contributed by atoms with Crippen LogP contribution < -0.4 is 11.1 Å². The summed E-state index contributed by atoms with van der Waals surface area (Å²) in [6.45, 7) is -0.574. The molecule has 0 aromatic carbocycles. The third-order valence-corrected chi connectivity index (χ3v) is 4.14. The number of fused-ring (bicyclic) bond motifs is 2. The van der Waals surface area contributed by atoms with Gasteiger partial charge in [-0.05, 0) is 37.0 Å². The number of primary amides is 1. The molecule has 0 heterocycles. The summed E-state index contributed by atoms with van der Waals surface area (Å²) in [5.74, 6) is 0.441. The Morgan fingerprint density at radius 3 is 2.58 bits per heavy atom. The minimum atomic E-state index is -0.623. The van der Waals surface area contributed by atoms with E-state index in [2.05, 4.69) is 5.32 Å². The Labute approximate surface area is 112 Å². The number of nitrogens with two attached hydrogens (primary N) is 1. The van der Waals surface area contributed by atoms with E-state index < -0.39 is 11.8 Å². The smallest absolute Gasteiger partial charge is 0.306 e. The molecule has 3 N–H and O–H groups in total. The lowest BCUT2D eigenvalue weighted by Crippen LogP contribution is -2.36. The predicted octanol–water partition coefficient (Wildman–Crippen LogP) is -0.0426. The van der Waals surface area contributed by atoms with Gasteiger partial charge >= 0.3 is 5.97 Å². The Hall–Kier alpha value is -1.59. The van der Waals surface area contributed by atoms with Crippen LogP contribution in [0.3, 0.4) is 0 Å². The number of esters is 1. The van der Waals surface area contributed by atoms with Gasteiger partial charge in [-0.3, -0.25) is 14.4 Å². The molecule has 0 aromatic heterocycles. The molecule has 6 nitrogen and oxygen atoms in total. The van der Waals surface area contributed by atoms with Gasteiger partial charge in [-0.1, -0.05) is 6.42 Å². The van der Waals surface area contributed by atoms with E-state index in [4.69, 9.17) is 10.5 Å². The van der Waals surface area contributed by atoms with E-state index in [1.54, 1.807) is 0 Å². The zero-order valence-electron chi connectivity index (χ0n) is 10.9. The average Bonchev–Trinajstić information content (AvgIpc) is 2.96. The van der Waals surface area contributed by atoms with Crippen molar-refractivity contribution in [2.24, 2.45) is 23.5 Å². The first-order valence-electron chi connectivity index (χ1n) is 6.75. The Bertz CT molecular complexity index is 383. The molecule has 2 amide bonds. The number of carbonyl (C=O) groups is 3. The molecule has 2 fully saturated rings. The van der Waals surface area contributed by atoms with Gasteiger partial charge in [0.1, 0.15) is 0 Å². The predicted molar refractivity (Wildman–Crippen MR) is 66.7 cm³/mol. The molecule has 106 valence electrons. The normalized spacial score (nSPS) is 28.1. The number of hydrogen-bond acceptors (Lipinski definition) is 4. The number of rotatable bonds is 6. The molecule has 3 atom stereocenters. The third kappa shape index (κ3) is 3.94. The summed E-state index contributed by atoms with van der Waals surface area (Å²) in [5.41, 5.74) is 4.88. The fourth-order valence-electron chi connectivity index (χ4n) is 3.28. The molecule has 0 unspecified atom stereocenters. The Kier molecular flexibility index (Phi) is 4.39. The van der Waals surface area contributed by atoms with E-state index in [1.165, 1.54) is 19.3 Å². The molecule has 0 aliphatic heterocycles. The van der Waals surface area contributed by atoms with E-state index in [9.17, 15) is 14.4 Å². The first-order chi connectivity index (χ1) is 9.04. The zero-order chi connectivity index (χ0) is 13.8. The van der Waals surface area contributed by atoms with Crippen molar-refractivity contribution in [3.63, 3.8) is 0 Å². The second-order valence-electron chi connectivity index (χ2n) is 5.54. The van der Waals surface area contributed by atoms with Crippen LogP contribution in [0.2, 0.25) is 0 Å². The second-order valence-corrected chi connectivity index (χ2v) is 5.54. The Balaban J connectivity index is 1.62. The van der Waals surface area contributed by atoms with Crippen LogP contribution >= 0.6 is 0 Å². The number of amides is 2. The minimum absolute atomic E-state index is 0.233. The number of carbonyl (C=O) groups excluding carboxylic acids is 3. The maximum atomic E-state index is 11.6. The molecule has 0 aromatic rings. The van der Waals surface area contributed by atoms with Gasteiger partial charge in [-0.2, -0.15) is 0 Å². The standard InChI is InChI=1S/C13H20N2O4/c14-11(16)6-15-12(17)7-19-13(18)5-10-4-8-1-2-9(10)3-8/h8-10H,1-7H2,(H2,14,16)(H,15,17)/t8-,9+,10+/m0/s1. The second kappa shape index (κ2) is 6.04. The lowest BCUT2D eigenvalue weighted by molar-refractivity contribution is -0.149. The van der Waals surface area contributed by atoms with E-state index >= 15 is 0 Å². The van der Waals surface area contributed by atoms with Crippen molar-refractivity contribution < 1.29 is 19.1 Å². The third-order valence-electron chi connectivity index (χ3n) is 4.14. The molecule has 0 spiro atoms. The summed E-state index contributed by atoms with van der Waals surface area (Å²) < 4.78 is 4.90. The van der Waals surface area contributed by atoms with Gasteiger partial charge in [0.05, 0.1) is 6.54 Å². The monoisotopic (exact) mass is 268 g/mol. The largest absolute Gasteiger partial charge is 0.456 e. The van der Waals surface area contributed by atoms with Crippen molar-refractivity contribution >= 4 is 17.8 Å². The van der Waals surface area contributed by atoms with E-state index in [-0.39, 0.29) is 19.1 Å². The molecule has 19 heavy (non-hydrogen) atoms. The molecule has 2 rings (SSSR count). The minimum Gasteiger partial charge on any atom is -0.456 e. The molecule has 6 heteroatoms. The quantitative estimate of drug-likeness (QED) is 0.660. The van der Waals surface area contributed by atoms with Crippen LogP contribution in [0.5, 0.6) is 0 Å². The Morgan fingerprint density at radius 2 is 2.00 bits per heavy atom. The molecule has 2 aliphatic rings. The summed E-state index contributed by atoms with van der Waals surface area (Å²) in [5, 5.41) is 2.27. The first-order valence-corrected chi connectivity index (χ1v) is 6.75. The van der Waals surface area contributed by atoms with Crippen LogP contribution in [0.25, 0.3) is 0 Å². The summed E-state index contributed by atoms with van der Waals surface area (Å²) in [6.07, 6.45) is 5.29. The van der Waals surface area contributed by atoms with Crippen molar-refractivity contribution in [1.82, 2.24) is 5.32 Å². The fraction of sp³-hybridized carbons (Fsp3) is 0.769.